The molecule has 22 heavy (non-hydrogen) atoms. The standard InChI is InChI=1S/C15H8BrClFNO2S/c16-15-12-5-4-9(17)6-13(12)19-8-14(15)22(20,21)11-3-1-2-10(18)7-11/h1-8H. The van der Waals surface area contributed by atoms with Crippen molar-refractivity contribution in [1.82, 2.24) is 4.98 Å². The minimum Gasteiger partial charge on any atom is -0.255 e. The van der Waals surface area contributed by atoms with Gasteiger partial charge >= 0.3 is 0 Å². The number of fused-ring (bicyclic) bond motifs is 1. The topological polar surface area (TPSA) is 47.0 Å². The summed E-state index contributed by atoms with van der Waals surface area (Å²) in [5.74, 6) is -0.613. The Morgan fingerprint density at radius 3 is 2.64 bits per heavy atom. The highest BCUT2D eigenvalue weighted by molar-refractivity contribution is 9.10. The summed E-state index contributed by atoms with van der Waals surface area (Å²) < 4.78 is 39.0. The number of sulfone groups is 1. The molecule has 0 bridgehead atoms. The van der Waals surface area contributed by atoms with Crippen molar-refractivity contribution in [3.8, 4) is 0 Å². The SMILES string of the molecule is O=S(=O)(c1cccc(F)c1)c1cnc2cc(Cl)ccc2c1Br. The van der Waals surface area contributed by atoms with Gasteiger partial charge in [-0.05, 0) is 46.3 Å². The molecule has 0 spiro atoms. The molecule has 3 nitrogen and oxygen atoms in total. The predicted molar refractivity (Wildman–Crippen MR) is 86.3 cm³/mol. The van der Waals surface area contributed by atoms with E-state index in [2.05, 4.69) is 20.9 Å². The number of hydrogen-bond donors (Lipinski definition) is 0. The molecule has 2 aromatic carbocycles. The summed E-state index contributed by atoms with van der Waals surface area (Å²) >= 11 is 9.20. The average Bonchev–Trinajstić information content (AvgIpc) is 2.47. The Morgan fingerprint density at radius 1 is 1.14 bits per heavy atom. The minimum absolute atomic E-state index is 0.0204. The van der Waals surface area contributed by atoms with Gasteiger partial charge in [-0.3, -0.25) is 4.98 Å². The highest BCUT2D eigenvalue weighted by Crippen LogP contribution is 2.33. The Bertz CT molecular complexity index is 992. The average molecular weight is 401 g/mol. The first-order valence-corrected chi connectivity index (χ1v) is 8.79. The summed E-state index contributed by atoms with van der Waals surface area (Å²) in [6, 6.07) is 9.83. The van der Waals surface area contributed by atoms with Gasteiger partial charge in [0.15, 0.2) is 0 Å². The van der Waals surface area contributed by atoms with Crippen LogP contribution in [-0.4, -0.2) is 13.4 Å². The number of halogens is 3. The normalized spacial score (nSPS) is 11.8. The first-order valence-electron chi connectivity index (χ1n) is 6.14. The molecule has 0 atom stereocenters. The van der Waals surface area contributed by atoms with Gasteiger partial charge < -0.3 is 0 Å². The van der Waals surface area contributed by atoms with Crippen LogP contribution in [-0.2, 0) is 9.84 Å². The van der Waals surface area contributed by atoms with E-state index in [-0.39, 0.29) is 9.79 Å². The van der Waals surface area contributed by atoms with Crippen LogP contribution in [0.25, 0.3) is 10.9 Å². The molecule has 0 saturated carbocycles. The molecule has 0 saturated heterocycles. The van der Waals surface area contributed by atoms with Crippen molar-refractivity contribution in [2.75, 3.05) is 0 Å². The van der Waals surface area contributed by atoms with Crippen molar-refractivity contribution in [2.45, 2.75) is 9.79 Å². The predicted octanol–water partition coefficient (Wildman–Crippen LogP) is 4.62. The van der Waals surface area contributed by atoms with E-state index in [1.165, 1.54) is 24.4 Å². The monoisotopic (exact) mass is 399 g/mol. The molecule has 1 heterocycles. The molecule has 3 aromatic rings. The number of nitrogens with zero attached hydrogens (tertiary/aromatic N) is 1. The van der Waals surface area contributed by atoms with Crippen molar-refractivity contribution in [3.63, 3.8) is 0 Å². The second kappa shape index (κ2) is 5.61. The van der Waals surface area contributed by atoms with Crippen molar-refractivity contribution in [1.29, 1.82) is 0 Å². The fraction of sp³-hybridized carbons (Fsp3) is 0. The molecule has 7 heteroatoms. The molecule has 0 N–H and O–H groups in total. The fourth-order valence-corrected chi connectivity index (χ4v) is 4.62. The van der Waals surface area contributed by atoms with Crippen LogP contribution in [0.5, 0.6) is 0 Å². The first kappa shape index (κ1) is 15.4. The van der Waals surface area contributed by atoms with E-state index in [9.17, 15) is 12.8 Å². The van der Waals surface area contributed by atoms with Crippen LogP contribution >= 0.6 is 27.5 Å². The second-order valence-corrected chi connectivity index (χ2v) is 7.71. The quantitative estimate of drug-likeness (QED) is 0.630. The zero-order chi connectivity index (χ0) is 15.9. The number of benzene rings is 2. The number of aromatic nitrogens is 1. The molecule has 0 aliphatic rings. The lowest BCUT2D eigenvalue weighted by molar-refractivity contribution is 0.590. The lowest BCUT2D eigenvalue weighted by Crippen LogP contribution is -2.04. The van der Waals surface area contributed by atoms with Crippen LogP contribution in [0.15, 0.2) is 62.9 Å². The largest absolute Gasteiger partial charge is 0.255 e. The van der Waals surface area contributed by atoms with Crippen LogP contribution in [0.3, 0.4) is 0 Å². The van der Waals surface area contributed by atoms with Gasteiger partial charge in [0.25, 0.3) is 0 Å². The highest BCUT2D eigenvalue weighted by Gasteiger charge is 2.23. The Balaban J connectivity index is 2.26. The molecule has 3 rings (SSSR count). The zero-order valence-corrected chi connectivity index (χ0v) is 14.1. The number of hydrogen-bond acceptors (Lipinski definition) is 3. The maximum absolute atomic E-state index is 13.3. The van der Waals surface area contributed by atoms with Gasteiger partial charge in [0.2, 0.25) is 9.84 Å². The maximum atomic E-state index is 13.3. The first-order chi connectivity index (χ1) is 10.4. The molecule has 0 unspecified atom stereocenters. The fourth-order valence-electron chi connectivity index (χ4n) is 2.06. The van der Waals surface area contributed by atoms with Crippen LogP contribution < -0.4 is 0 Å². The van der Waals surface area contributed by atoms with E-state index in [1.807, 2.05) is 0 Å². The van der Waals surface area contributed by atoms with E-state index in [1.54, 1.807) is 18.2 Å². The summed E-state index contributed by atoms with van der Waals surface area (Å²) in [6.45, 7) is 0. The third-order valence-corrected chi connectivity index (χ3v) is 6.24. The smallest absolute Gasteiger partial charge is 0.209 e. The van der Waals surface area contributed by atoms with E-state index >= 15 is 0 Å². The lowest BCUT2D eigenvalue weighted by atomic mass is 10.2. The maximum Gasteiger partial charge on any atom is 0.209 e. The van der Waals surface area contributed by atoms with Gasteiger partial charge in [0.1, 0.15) is 10.7 Å². The molecular formula is C15H8BrClFNO2S. The van der Waals surface area contributed by atoms with Crippen LogP contribution in [0.1, 0.15) is 0 Å². The minimum atomic E-state index is -3.88. The van der Waals surface area contributed by atoms with Crippen LogP contribution in [0, 0.1) is 5.82 Å². The van der Waals surface area contributed by atoms with Gasteiger partial charge in [-0.1, -0.05) is 23.7 Å². The molecule has 0 amide bonds. The van der Waals surface area contributed by atoms with Crippen LogP contribution in [0.4, 0.5) is 4.39 Å². The summed E-state index contributed by atoms with van der Waals surface area (Å²) in [6.07, 6.45) is 1.24. The number of pyridine rings is 1. The Morgan fingerprint density at radius 2 is 1.91 bits per heavy atom. The molecule has 0 fully saturated rings. The van der Waals surface area contributed by atoms with Crippen molar-refractivity contribution >= 4 is 48.3 Å². The number of rotatable bonds is 2. The van der Waals surface area contributed by atoms with Crippen molar-refractivity contribution in [3.05, 3.63) is 64.0 Å². The third kappa shape index (κ3) is 2.62. The summed E-state index contributed by atoms with van der Waals surface area (Å²) in [5.41, 5.74) is 0.567. The van der Waals surface area contributed by atoms with E-state index in [0.717, 1.165) is 6.07 Å². The van der Waals surface area contributed by atoms with Crippen molar-refractivity contribution in [2.24, 2.45) is 0 Å². The molecule has 0 radical (unpaired) electrons. The van der Waals surface area contributed by atoms with Crippen molar-refractivity contribution < 1.29 is 12.8 Å². The third-order valence-electron chi connectivity index (χ3n) is 3.13. The Hall–Kier alpha value is -1.50. The second-order valence-electron chi connectivity index (χ2n) is 4.56. The molecule has 112 valence electrons. The van der Waals surface area contributed by atoms with E-state index < -0.39 is 15.7 Å². The summed E-state index contributed by atoms with van der Waals surface area (Å²) in [7, 11) is -3.88. The van der Waals surface area contributed by atoms with E-state index in [0.29, 0.717) is 20.4 Å². The van der Waals surface area contributed by atoms with Gasteiger partial charge in [-0.25, -0.2) is 12.8 Å². The van der Waals surface area contributed by atoms with Gasteiger partial charge in [-0.2, -0.15) is 0 Å². The zero-order valence-electron chi connectivity index (χ0n) is 10.9. The van der Waals surface area contributed by atoms with Crippen LogP contribution in [0.2, 0.25) is 5.02 Å². The molecule has 0 aliphatic carbocycles. The van der Waals surface area contributed by atoms with Gasteiger partial charge in [0.05, 0.1) is 10.4 Å². The summed E-state index contributed by atoms with van der Waals surface area (Å²) in [5, 5.41) is 1.12. The Labute approximate surface area is 139 Å². The van der Waals surface area contributed by atoms with E-state index in [4.69, 9.17) is 11.6 Å². The molecule has 1 aromatic heterocycles. The molecular weight excluding hydrogens is 393 g/mol. The highest BCUT2D eigenvalue weighted by atomic mass is 79.9. The summed E-state index contributed by atoms with van der Waals surface area (Å²) in [4.78, 5) is 3.99. The lowest BCUT2D eigenvalue weighted by Gasteiger charge is -2.09. The Kier molecular flexibility index (Phi) is 3.92. The van der Waals surface area contributed by atoms with Gasteiger partial charge in [-0.15, -0.1) is 0 Å². The van der Waals surface area contributed by atoms with Gasteiger partial charge in [0, 0.05) is 21.1 Å². The molecule has 0 aliphatic heterocycles.